The van der Waals surface area contributed by atoms with Crippen LogP contribution >= 0.6 is 0 Å². The lowest BCUT2D eigenvalue weighted by molar-refractivity contribution is 0.600. The van der Waals surface area contributed by atoms with Gasteiger partial charge in [0.05, 0.1) is 5.75 Å². The van der Waals surface area contributed by atoms with E-state index in [9.17, 15) is 8.42 Å². The lowest BCUT2D eigenvalue weighted by Crippen LogP contribution is -2.15. The van der Waals surface area contributed by atoms with Gasteiger partial charge < -0.3 is 0 Å². The molecule has 1 aromatic heterocycles. The van der Waals surface area contributed by atoms with E-state index in [1.807, 2.05) is 32.0 Å². The van der Waals surface area contributed by atoms with Crippen LogP contribution in [0.25, 0.3) is 0 Å². The van der Waals surface area contributed by atoms with Gasteiger partial charge in [0, 0.05) is 11.8 Å². The monoisotopic (exact) mass is 279 g/mol. The molecule has 0 atom stereocenters. The minimum absolute atomic E-state index is 0.0578. The van der Waals surface area contributed by atoms with E-state index < -0.39 is 10.0 Å². The second kappa shape index (κ2) is 5.44. The zero-order chi connectivity index (χ0) is 13.9. The third kappa shape index (κ3) is 3.82. The predicted molar refractivity (Wildman–Crippen MR) is 75.4 cm³/mol. The molecule has 0 spiro atoms. The summed E-state index contributed by atoms with van der Waals surface area (Å²) in [5.74, 6) is 0.553. The zero-order valence-corrected chi connectivity index (χ0v) is 11.7. The summed E-state index contributed by atoms with van der Waals surface area (Å²) in [5, 5.41) is 6.76. The number of aromatic amines is 1. The number of hydrogen-bond donors (Lipinski definition) is 2. The SMILES string of the molecule is CC(C)c1cc(NS(=O)(=O)Cc2ccccc2)n[nH]1. The summed E-state index contributed by atoms with van der Waals surface area (Å²) >= 11 is 0. The van der Waals surface area contributed by atoms with Crippen LogP contribution in [0.2, 0.25) is 0 Å². The van der Waals surface area contributed by atoms with Crippen LogP contribution in [0.4, 0.5) is 5.82 Å². The van der Waals surface area contributed by atoms with Crippen LogP contribution in [0.1, 0.15) is 31.0 Å². The van der Waals surface area contributed by atoms with Gasteiger partial charge >= 0.3 is 0 Å². The molecule has 19 heavy (non-hydrogen) atoms. The molecule has 0 radical (unpaired) electrons. The summed E-state index contributed by atoms with van der Waals surface area (Å²) in [6.45, 7) is 4.02. The Morgan fingerprint density at radius 2 is 1.95 bits per heavy atom. The number of H-pyrrole nitrogens is 1. The molecule has 102 valence electrons. The van der Waals surface area contributed by atoms with Crippen molar-refractivity contribution in [3.8, 4) is 0 Å². The molecule has 0 saturated carbocycles. The lowest BCUT2D eigenvalue weighted by Gasteiger charge is -2.05. The Morgan fingerprint density at radius 1 is 1.26 bits per heavy atom. The maximum absolute atomic E-state index is 12.0. The van der Waals surface area contributed by atoms with Crippen molar-refractivity contribution < 1.29 is 8.42 Å². The first-order chi connectivity index (χ1) is 8.96. The molecule has 2 aromatic rings. The molecular formula is C13H17N3O2S. The van der Waals surface area contributed by atoms with Crippen molar-refractivity contribution in [1.29, 1.82) is 0 Å². The fourth-order valence-electron chi connectivity index (χ4n) is 1.67. The van der Waals surface area contributed by atoms with E-state index in [1.54, 1.807) is 18.2 Å². The standard InChI is InChI=1S/C13H17N3O2S/c1-10(2)12-8-13(15-14-12)16-19(17,18)9-11-6-4-3-5-7-11/h3-8,10H,9H2,1-2H3,(H2,14,15,16). The summed E-state index contributed by atoms with van der Waals surface area (Å²) < 4.78 is 26.4. The lowest BCUT2D eigenvalue weighted by atomic mass is 10.1. The van der Waals surface area contributed by atoms with E-state index in [4.69, 9.17) is 0 Å². The predicted octanol–water partition coefficient (Wildman–Crippen LogP) is 2.48. The van der Waals surface area contributed by atoms with Gasteiger partial charge in [-0.1, -0.05) is 44.2 Å². The number of hydrogen-bond acceptors (Lipinski definition) is 3. The summed E-state index contributed by atoms with van der Waals surface area (Å²) in [5.41, 5.74) is 1.65. The average molecular weight is 279 g/mol. The largest absolute Gasteiger partial charge is 0.280 e. The first-order valence-corrected chi connectivity index (χ1v) is 7.71. The van der Waals surface area contributed by atoms with Crippen LogP contribution in [0, 0.1) is 0 Å². The van der Waals surface area contributed by atoms with Crippen molar-refractivity contribution in [2.75, 3.05) is 4.72 Å². The normalized spacial score (nSPS) is 11.7. The van der Waals surface area contributed by atoms with Gasteiger partial charge in [-0.15, -0.1) is 0 Å². The maximum atomic E-state index is 12.0. The van der Waals surface area contributed by atoms with Gasteiger partial charge in [0.25, 0.3) is 0 Å². The van der Waals surface area contributed by atoms with Crippen LogP contribution < -0.4 is 4.72 Å². The Morgan fingerprint density at radius 3 is 2.53 bits per heavy atom. The van der Waals surface area contributed by atoms with E-state index in [-0.39, 0.29) is 11.7 Å². The Hall–Kier alpha value is -1.82. The van der Waals surface area contributed by atoms with Crippen LogP contribution in [0.3, 0.4) is 0 Å². The number of anilines is 1. The van der Waals surface area contributed by atoms with Crippen LogP contribution in [0.15, 0.2) is 36.4 Å². The highest BCUT2D eigenvalue weighted by Crippen LogP contribution is 2.16. The molecule has 2 N–H and O–H groups in total. The second-order valence-electron chi connectivity index (χ2n) is 4.71. The third-order valence-electron chi connectivity index (χ3n) is 2.68. The summed E-state index contributed by atoms with van der Waals surface area (Å²) in [4.78, 5) is 0. The van der Waals surface area contributed by atoms with Crippen LogP contribution in [-0.2, 0) is 15.8 Å². The molecule has 6 heteroatoms. The highest BCUT2D eigenvalue weighted by atomic mass is 32.2. The van der Waals surface area contributed by atoms with Crippen LogP contribution in [-0.4, -0.2) is 18.6 Å². The molecule has 0 bridgehead atoms. The molecule has 0 unspecified atom stereocenters. The molecule has 0 aliphatic heterocycles. The number of aromatic nitrogens is 2. The van der Waals surface area contributed by atoms with Crippen molar-refractivity contribution in [2.45, 2.75) is 25.5 Å². The van der Waals surface area contributed by atoms with Crippen molar-refractivity contribution in [3.05, 3.63) is 47.7 Å². The maximum Gasteiger partial charge on any atom is 0.238 e. The van der Waals surface area contributed by atoms with Crippen molar-refractivity contribution in [1.82, 2.24) is 10.2 Å². The van der Waals surface area contributed by atoms with Gasteiger partial charge in [-0.25, -0.2) is 8.42 Å². The molecule has 5 nitrogen and oxygen atoms in total. The smallest absolute Gasteiger partial charge is 0.238 e. The van der Waals surface area contributed by atoms with E-state index in [2.05, 4.69) is 14.9 Å². The molecule has 1 heterocycles. The van der Waals surface area contributed by atoms with Crippen LogP contribution in [0.5, 0.6) is 0 Å². The first kappa shape index (κ1) is 13.6. The van der Waals surface area contributed by atoms with Gasteiger partial charge in [0.1, 0.15) is 0 Å². The first-order valence-electron chi connectivity index (χ1n) is 6.06. The number of nitrogens with zero attached hydrogens (tertiary/aromatic N) is 1. The van der Waals surface area contributed by atoms with Gasteiger partial charge in [-0.3, -0.25) is 9.82 Å². The molecule has 0 fully saturated rings. The van der Waals surface area contributed by atoms with E-state index in [0.29, 0.717) is 5.82 Å². The second-order valence-corrected chi connectivity index (χ2v) is 6.43. The fourth-order valence-corrected chi connectivity index (χ4v) is 2.80. The molecule has 0 aliphatic carbocycles. The fraction of sp³-hybridized carbons (Fsp3) is 0.308. The molecule has 1 aromatic carbocycles. The topological polar surface area (TPSA) is 74.8 Å². The van der Waals surface area contributed by atoms with Gasteiger partial charge in [0.15, 0.2) is 5.82 Å². The van der Waals surface area contributed by atoms with Crippen molar-refractivity contribution >= 4 is 15.8 Å². The Balaban J connectivity index is 2.08. The number of rotatable bonds is 5. The third-order valence-corrected chi connectivity index (χ3v) is 3.91. The van der Waals surface area contributed by atoms with Crippen molar-refractivity contribution in [3.63, 3.8) is 0 Å². The van der Waals surface area contributed by atoms with Gasteiger partial charge in [-0.05, 0) is 11.5 Å². The average Bonchev–Trinajstić information content (AvgIpc) is 2.77. The van der Waals surface area contributed by atoms with E-state index in [0.717, 1.165) is 11.3 Å². The summed E-state index contributed by atoms with van der Waals surface area (Å²) in [6.07, 6.45) is 0. The number of benzene rings is 1. The Bertz CT molecular complexity index is 633. The summed E-state index contributed by atoms with van der Waals surface area (Å²) in [6, 6.07) is 10.8. The van der Waals surface area contributed by atoms with E-state index in [1.165, 1.54) is 0 Å². The molecule has 0 saturated heterocycles. The Labute approximate surface area is 113 Å². The highest BCUT2D eigenvalue weighted by molar-refractivity contribution is 7.91. The van der Waals surface area contributed by atoms with E-state index >= 15 is 0 Å². The van der Waals surface area contributed by atoms with Gasteiger partial charge in [-0.2, -0.15) is 5.10 Å². The highest BCUT2D eigenvalue weighted by Gasteiger charge is 2.14. The molecule has 0 amide bonds. The van der Waals surface area contributed by atoms with Crippen molar-refractivity contribution in [2.24, 2.45) is 0 Å². The number of sulfonamides is 1. The molecule has 2 rings (SSSR count). The number of nitrogens with one attached hydrogen (secondary N) is 2. The zero-order valence-electron chi connectivity index (χ0n) is 10.9. The summed E-state index contributed by atoms with van der Waals surface area (Å²) in [7, 11) is -3.43. The molecule has 0 aliphatic rings. The quantitative estimate of drug-likeness (QED) is 0.883. The molecular weight excluding hydrogens is 262 g/mol. The van der Waals surface area contributed by atoms with Gasteiger partial charge in [0.2, 0.25) is 10.0 Å². The minimum Gasteiger partial charge on any atom is -0.280 e. The minimum atomic E-state index is -3.43. The Kier molecular flexibility index (Phi) is 3.90.